The van der Waals surface area contributed by atoms with Crippen LogP contribution in [0.25, 0.3) is 27.7 Å². The third-order valence-electron chi connectivity index (χ3n) is 9.92. The smallest absolute Gasteiger partial charge is 0.209 e. The lowest BCUT2D eigenvalue weighted by Crippen LogP contribution is -2.33. The zero-order valence-corrected chi connectivity index (χ0v) is 24.8. The Morgan fingerprint density at radius 1 is 0.929 bits per heavy atom. The van der Waals surface area contributed by atoms with Crippen molar-refractivity contribution in [2.24, 2.45) is 5.92 Å². The zero-order chi connectivity index (χ0) is 29.0. The van der Waals surface area contributed by atoms with Crippen LogP contribution < -0.4 is 5.11 Å². The third kappa shape index (κ3) is 4.11. The molecular weight excluding hydrogens is 516 g/mol. The second-order valence-electron chi connectivity index (χ2n) is 12.7. The summed E-state index contributed by atoms with van der Waals surface area (Å²) < 4.78 is 4.50. The summed E-state index contributed by atoms with van der Waals surface area (Å²) in [6.07, 6.45) is 9.53. The minimum atomic E-state index is -0.307. The molecule has 1 fully saturated rings. The van der Waals surface area contributed by atoms with Gasteiger partial charge < -0.3 is 9.67 Å². The van der Waals surface area contributed by atoms with Crippen LogP contribution in [0, 0.1) is 5.92 Å². The van der Waals surface area contributed by atoms with Crippen molar-refractivity contribution in [1.82, 2.24) is 4.57 Å². The second kappa shape index (κ2) is 10.3. The number of carbonyl (C=O) groups excluding carboxylic acids is 1. The van der Waals surface area contributed by atoms with Gasteiger partial charge in [-0.3, -0.25) is 4.79 Å². The van der Waals surface area contributed by atoms with Crippen molar-refractivity contribution in [1.29, 1.82) is 0 Å². The van der Waals surface area contributed by atoms with Gasteiger partial charge in [0, 0.05) is 51.9 Å². The van der Waals surface area contributed by atoms with Crippen LogP contribution >= 0.6 is 0 Å². The molecule has 7 rings (SSSR count). The summed E-state index contributed by atoms with van der Waals surface area (Å²) in [5.41, 5.74) is 7.50. The van der Waals surface area contributed by atoms with Gasteiger partial charge >= 0.3 is 0 Å². The number of fused-ring (bicyclic) bond motifs is 2. The molecule has 2 aliphatic carbocycles. The summed E-state index contributed by atoms with van der Waals surface area (Å²) in [7, 11) is 2.02. The first-order valence-electron chi connectivity index (χ1n) is 15.4. The molecule has 0 radical (unpaired) electrons. The first-order valence-corrected chi connectivity index (χ1v) is 15.4. The summed E-state index contributed by atoms with van der Waals surface area (Å²) >= 11 is 0. The summed E-state index contributed by atoms with van der Waals surface area (Å²) in [5, 5.41) is 15.0. The molecule has 0 unspecified atom stereocenters. The summed E-state index contributed by atoms with van der Waals surface area (Å²) in [6.45, 7) is 5.20. The predicted molar refractivity (Wildman–Crippen MR) is 169 cm³/mol. The quantitative estimate of drug-likeness (QED) is 0.182. The standard InChI is InChI=1S/C38H38N2O2/c1-38(2)29-19-11-13-21-31(29)39(3)32(38)24-28-36(41)34(37(28)42)33-27-18-10-12-20-30(27)40(23-22-25-14-6-4-7-15-25)35(33)26-16-8-5-9-17-26/h5,8-13,16-21,24-25H,4,6-7,14-15,22-23H2,1-3H3. The van der Waals surface area contributed by atoms with E-state index in [1.54, 1.807) is 0 Å². The van der Waals surface area contributed by atoms with E-state index < -0.39 is 0 Å². The number of hydrogen-bond donors (Lipinski definition) is 0. The van der Waals surface area contributed by atoms with Gasteiger partial charge in [0.2, 0.25) is 5.69 Å². The molecule has 0 spiro atoms. The normalized spacial score (nSPS) is 19.6. The lowest BCUT2D eigenvalue weighted by molar-refractivity contribution is -0.401. The maximum Gasteiger partial charge on any atom is 0.209 e. The molecule has 212 valence electrons. The summed E-state index contributed by atoms with van der Waals surface area (Å²) in [4.78, 5) is 14.0. The van der Waals surface area contributed by atoms with Crippen molar-refractivity contribution in [2.45, 2.75) is 64.3 Å². The molecule has 4 heteroatoms. The number of para-hydroxylation sites is 2. The van der Waals surface area contributed by atoms with E-state index in [2.05, 4.69) is 65.5 Å². The average Bonchev–Trinajstić information content (AvgIpc) is 3.43. The van der Waals surface area contributed by atoms with Gasteiger partial charge in [-0.1, -0.05) is 105 Å². The fraction of sp³-hybridized carbons (Fsp3) is 0.316. The van der Waals surface area contributed by atoms with E-state index >= 15 is 0 Å². The second-order valence-corrected chi connectivity index (χ2v) is 12.7. The van der Waals surface area contributed by atoms with Crippen molar-refractivity contribution in [2.75, 3.05) is 7.05 Å². The van der Waals surface area contributed by atoms with Crippen molar-refractivity contribution < 1.29 is 14.5 Å². The number of ketones is 1. The third-order valence-corrected chi connectivity index (χ3v) is 9.92. The van der Waals surface area contributed by atoms with Gasteiger partial charge in [0.15, 0.2) is 11.5 Å². The van der Waals surface area contributed by atoms with Crippen molar-refractivity contribution in [3.63, 3.8) is 0 Å². The molecule has 3 aromatic carbocycles. The summed E-state index contributed by atoms with van der Waals surface area (Å²) in [6, 6.07) is 26.9. The Morgan fingerprint density at radius 3 is 2.36 bits per heavy atom. The molecule has 2 heterocycles. The van der Waals surface area contributed by atoms with Gasteiger partial charge in [0.05, 0.1) is 11.1 Å². The molecule has 0 amide bonds. The highest BCUT2D eigenvalue weighted by Gasteiger charge is 2.44. The minimum absolute atomic E-state index is 0.153. The highest BCUT2D eigenvalue weighted by molar-refractivity contribution is 6.42. The molecule has 4 nitrogen and oxygen atoms in total. The molecule has 42 heavy (non-hydrogen) atoms. The molecule has 0 saturated heterocycles. The van der Waals surface area contributed by atoms with Crippen LogP contribution in [-0.2, 0) is 16.8 Å². The van der Waals surface area contributed by atoms with Gasteiger partial charge in [-0.2, -0.15) is 4.58 Å². The van der Waals surface area contributed by atoms with Crippen molar-refractivity contribution >= 4 is 33.7 Å². The Morgan fingerprint density at radius 2 is 1.62 bits per heavy atom. The molecular formula is C38H38N2O2. The first-order chi connectivity index (χ1) is 20.4. The van der Waals surface area contributed by atoms with Crippen molar-refractivity contribution in [3.05, 3.63) is 107 Å². The Bertz CT molecular complexity index is 1810. The minimum Gasteiger partial charge on any atom is -0.871 e. The van der Waals surface area contributed by atoms with Gasteiger partial charge in [0.25, 0.3) is 0 Å². The number of Topliss-reactive ketones (excluding diaryl/α,β-unsaturated/α-hetero) is 1. The number of aryl methyl sites for hydroxylation is 1. The van der Waals surface area contributed by atoms with E-state index in [0.717, 1.165) is 58.0 Å². The van der Waals surface area contributed by atoms with Crippen LogP contribution in [0.1, 0.15) is 63.5 Å². The molecule has 1 aliphatic heterocycles. The van der Waals surface area contributed by atoms with E-state index in [1.807, 2.05) is 49.5 Å². The Balaban J connectivity index is 1.37. The largest absolute Gasteiger partial charge is 0.871 e. The molecule has 0 bridgehead atoms. The van der Waals surface area contributed by atoms with Gasteiger partial charge in [-0.25, -0.2) is 0 Å². The van der Waals surface area contributed by atoms with Crippen LogP contribution in [0.2, 0.25) is 0 Å². The van der Waals surface area contributed by atoms with Crippen LogP contribution in [0.5, 0.6) is 0 Å². The number of aromatic nitrogens is 1. The lowest BCUT2D eigenvalue weighted by Gasteiger charge is -2.31. The van der Waals surface area contributed by atoms with E-state index in [-0.39, 0.29) is 22.5 Å². The maximum absolute atomic E-state index is 14.0. The lowest BCUT2D eigenvalue weighted by atomic mass is 9.77. The number of allylic oxidation sites excluding steroid dienone is 3. The maximum atomic E-state index is 14.0. The molecule has 1 saturated carbocycles. The number of carbonyl (C=O) groups is 1. The molecule has 0 atom stereocenters. The van der Waals surface area contributed by atoms with E-state index in [1.165, 1.54) is 37.7 Å². The fourth-order valence-corrected chi connectivity index (χ4v) is 7.64. The highest BCUT2D eigenvalue weighted by Crippen LogP contribution is 2.46. The predicted octanol–water partition coefficient (Wildman–Crippen LogP) is 7.57. The number of hydrogen-bond acceptors (Lipinski definition) is 2. The van der Waals surface area contributed by atoms with Gasteiger partial charge in [-0.05, 0) is 37.8 Å². The number of benzene rings is 3. The Labute approximate surface area is 248 Å². The average molecular weight is 555 g/mol. The molecule has 0 N–H and O–H groups in total. The molecule has 3 aliphatic rings. The van der Waals surface area contributed by atoms with E-state index in [0.29, 0.717) is 5.57 Å². The summed E-state index contributed by atoms with van der Waals surface area (Å²) in [5.74, 6) is 0.425. The van der Waals surface area contributed by atoms with Crippen LogP contribution in [0.3, 0.4) is 0 Å². The van der Waals surface area contributed by atoms with E-state index in [4.69, 9.17) is 0 Å². The number of nitrogens with zero attached hydrogens (tertiary/aromatic N) is 2. The molecule has 1 aromatic heterocycles. The first kappa shape index (κ1) is 26.7. The number of rotatable bonds is 6. The van der Waals surface area contributed by atoms with Crippen LogP contribution in [0.15, 0.2) is 96.3 Å². The Kier molecular flexibility index (Phi) is 6.53. The zero-order valence-electron chi connectivity index (χ0n) is 24.8. The van der Waals surface area contributed by atoms with Crippen LogP contribution in [0.4, 0.5) is 5.69 Å². The SMILES string of the molecule is C[N+]1=C(/C=C2/C(=O)C(c3c(-c4ccccc4)n(CCC4CCCCC4)c4ccccc34)=C2[O-])C(C)(C)c2ccccc21. The Hall–Kier alpha value is -4.18. The van der Waals surface area contributed by atoms with Gasteiger partial charge in [0.1, 0.15) is 7.05 Å². The van der Waals surface area contributed by atoms with Gasteiger partial charge in [-0.15, -0.1) is 0 Å². The van der Waals surface area contributed by atoms with Crippen LogP contribution in [-0.4, -0.2) is 27.7 Å². The topological polar surface area (TPSA) is 48.1 Å². The monoisotopic (exact) mass is 554 g/mol. The fourth-order valence-electron chi connectivity index (χ4n) is 7.64. The van der Waals surface area contributed by atoms with Crippen molar-refractivity contribution in [3.8, 4) is 11.3 Å². The highest BCUT2D eigenvalue weighted by atomic mass is 16.3. The van der Waals surface area contributed by atoms with E-state index in [9.17, 15) is 9.90 Å². The molecule has 4 aromatic rings.